The summed E-state index contributed by atoms with van der Waals surface area (Å²) >= 11 is 6.11. The van der Waals surface area contributed by atoms with Crippen molar-refractivity contribution in [2.75, 3.05) is 37.6 Å². The lowest BCUT2D eigenvalue weighted by Crippen LogP contribution is -2.55. The van der Waals surface area contributed by atoms with Crippen molar-refractivity contribution >= 4 is 40.0 Å². The summed E-state index contributed by atoms with van der Waals surface area (Å²) in [6, 6.07) is 24.8. The normalized spacial score (nSPS) is 16.6. The summed E-state index contributed by atoms with van der Waals surface area (Å²) in [5, 5.41) is 8.27. The highest BCUT2D eigenvalue weighted by Crippen LogP contribution is 2.31. The summed E-state index contributed by atoms with van der Waals surface area (Å²) in [4.78, 5) is 36.0. The number of nitrogens with zero attached hydrogens (tertiary/aromatic N) is 3. The van der Waals surface area contributed by atoms with Gasteiger partial charge in [-0.25, -0.2) is 0 Å². The number of pyridine rings is 1. The van der Waals surface area contributed by atoms with Gasteiger partial charge in [-0.2, -0.15) is 0 Å². The molecule has 1 aliphatic carbocycles. The van der Waals surface area contributed by atoms with Crippen molar-refractivity contribution in [3.8, 4) is 0 Å². The molecule has 2 heterocycles. The summed E-state index contributed by atoms with van der Waals surface area (Å²) in [6.45, 7) is 5.94. The summed E-state index contributed by atoms with van der Waals surface area (Å²) in [5.74, 6) is 0.472. The third kappa shape index (κ3) is 7.17. The Morgan fingerprint density at radius 2 is 1.72 bits per heavy atom. The number of fused-ring (bicyclic) bond motifs is 1. The first-order valence-corrected chi connectivity index (χ1v) is 15.6. The molecule has 1 aromatic heterocycles. The number of benzene rings is 3. The molecule has 0 spiro atoms. The first-order chi connectivity index (χ1) is 20.9. The van der Waals surface area contributed by atoms with Crippen LogP contribution >= 0.6 is 11.6 Å². The number of hydrogen-bond donors (Lipinski definition) is 2. The minimum atomic E-state index is -0.705. The number of carbonyl (C=O) groups is 2. The number of anilines is 1. The molecule has 1 aliphatic heterocycles. The maximum Gasteiger partial charge on any atom is 0.251 e. The van der Waals surface area contributed by atoms with Gasteiger partial charge in [-0.1, -0.05) is 48.0 Å². The molecule has 7 nitrogen and oxygen atoms in total. The summed E-state index contributed by atoms with van der Waals surface area (Å²) in [5.41, 5.74) is 4.77. The van der Waals surface area contributed by atoms with E-state index in [0.717, 1.165) is 42.0 Å². The van der Waals surface area contributed by atoms with Crippen LogP contribution in [0.3, 0.4) is 0 Å². The second-order valence-corrected chi connectivity index (χ2v) is 12.1. The van der Waals surface area contributed by atoms with Crippen molar-refractivity contribution in [3.05, 3.63) is 107 Å². The van der Waals surface area contributed by atoms with Crippen LogP contribution in [0, 0.1) is 5.92 Å². The Hall–Kier alpha value is -3.94. The number of para-hydroxylation sites is 1. The van der Waals surface area contributed by atoms with Gasteiger partial charge >= 0.3 is 0 Å². The maximum atomic E-state index is 14.0. The molecule has 3 aromatic carbocycles. The monoisotopic (exact) mass is 595 g/mol. The van der Waals surface area contributed by atoms with Gasteiger partial charge in [0.05, 0.1) is 5.52 Å². The number of amides is 2. The van der Waals surface area contributed by atoms with Crippen LogP contribution in [0.1, 0.15) is 47.3 Å². The smallest absolute Gasteiger partial charge is 0.251 e. The van der Waals surface area contributed by atoms with Crippen LogP contribution in [0.2, 0.25) is 5.02 Å². The van der Waals surface area contributed by atoms with Crippen molar-refractivity contribution in [2.45, 2.75) is 38.3 Å². The zero-order chi connectivity index (χ0) is 29.8. The van der Waals surface area contributed by atoms with E-state index < -0.39 is 6.04 Å². The number of nitrogens with one attached hydrogen (secondary N) is 2. The van der Waals surface area contributed by atoms with Crippen LogP contribution < -0.4 is 15.5 Å². The average Bonchev–Trinajstić information content (AvgIpc) is 3.88. The lowest BCUT2D eigenvalue weighted by Gasteiger charge is -2.39. The van der Waals surface area contributed by atoms with Gasteiger partial charge in [0.25, 0.3) is 5.91 Å². The number of piperazine rings is 1. The zero-order valence-electron chi connectivity index (χ0n) is 24.5. The fourth-order valence-corrected chi connectivity index (χ4v) is 5.95. The van der Waals surface area contributed by atoms with Gasteiger partial charge in [-0.3, -0.25) is 14.6 Å². The van der Waals surface area contributed by atoms with E-state index >= 15 is 0 Å². The minimum absolute atomic E-state index is 0.0711. The largest absolute Gasteiger partial charge is 0.368 e. The molecule has 1 saturated heterocycles. The van der Waals surface area contributed by atoms with E-state index in [9.17, 15) is 9.59 Å². The van der Waals surface area contributed by atoms with Crippen LogP contribution in [-0.4, -0.2) is 60.5 Å². The topological polar surface area (TPSA) is 77.6 Å². The third-order valence-electron chi connectivity index (χ3n) is 8.57. The van der Waals surface area contributed by atoms with Crippen molar-refractivity contribution in [1.29, 1.82) is 0 Å². The second-order valence-electron chi connectivity index (χ2n) is 11.7. The number of rotatable bonds is 10. The van der Waals surface area contributed by atoms with E-state index in [0.29, 0.717) is 30.1 Å². The predicted molar refractivity (Wildman–Crippen MR) is 173 cm³/mol. The van der Waals surface area contributed by atoms with Gasteiger partial charge in [-0.15, -0.1) is 0 Å². The molecule has 2 atom stereocenters. The number of halogens is 1. The van der Waals surface area contributed by atoms with E-state index in [1.54, 1.807) is 12.3 Å². The molecule has 43 heavy (non-hydrogen) atoms. The number of carbonyl (C=O) groups excluding carboxylic acids is 2. The summed E-state index contributed by atoms with van der Waals surface area (Å²) in [7, 11) is 0. The van der Waals surface area contributed by atoms with Crippen molar-refractivity contribution in [1.82, 2.24) is 20.5 Å². The number of hydrogen-bond acceptors (Lipinski definition) is 5. The molecule has 0 radical (unpaired) electrons. The standard InChI is InChI=1S/C35H38ClN5O2/c1-24(38-23-26-8-9-26)30-6-2-3-7-33(30)40-17-19-41(20-18-40)35(43)32(21-25-10-13-29(36)14-11-25)39-34(42)28-12-15-31-27(22-28)5-4-16-37-31/h2-7,10-16,22,24,26,32,38H,8-9,17-21,23H2,1H3,(H,39,42). The molecule has 8 heteroatoms. The highest BCUT2D eigenvalue weighted by atomic mass is 35.5. The van der Waals surface area contributed by atoms with E-state index in [-0.39, 0.29) is 17.9 Å². The Balaban J connectivity index is 1.15. The van der Waals surface area contributed by atoms with Crippen molar-refractivity contribution < 1.29 is 9.59 Å². The molecule has 2 unspecified atom stereocenters. The van der Waals surface area contributed by atoms with Crippen molar-refractivity contribution in [2.24, 2.45) is 5.92 Å². The lowest BCUT2D eigenvalue weighted by molar-refractivity contribution is -0.133. The maximum absolute atomic E-state index is 14.0. The van der Waals surface area contributed by atoms with Crippen LogP contribution in [0.15, 0.2) is 85.1 Å². The molecule has 4 aromatic rings. The van der Waals surface area contributed by atoms with Crippen LogP contribution in [-0.2, 0) is 11.2 Å². The highest BCUT2D eigenvalue weighted by molar-refractivity contribution is 6.30. The fourth-order valence-electron chi connectivity index (χ4n) is 5.82. The first-order valence-electron chi connectivity index (χ1n) is 15.2. The Morgan fingerprint density at radius 1 is 0.953 bits per heavy atom. The molecule has 2 fully saturated rings. The molecule has 2 amide bonds. The highest BCUT2D eigenvalue weighted by Gasteiger charge is 2.30. The molecular weight excluding hydrogens is 558 g/mol. The summed E-state index contributed by atoms with van der Waals surface area (Å²) in [6.07, 6.45) is 4.77. The fraction of sp³-hybridized carbons (Fsp3) is 0.343. The van der Waals surface area contributed by atoms with Crippen molar-refractivity contribution in [3.63, 3.8) is 0 Å². The lowest BCUT2D eigenvalue weighted by atomic mass is 10.0. The van der Waals surface area contributed by atoms with Gasteiger partial charge in [0.15, 0.2) is 0 Å². The SMILES string of the molecule is CC(NCC1CC1)c1ccccc1N1CCN(C(=O)C(Cc2ccc(Cl)cc2)NC(=O)c2ccc3ncccc3c2)CC1. The molecule has 6 rings (SSSR count). The molecule has 2 N–H and O–H groups in total. The van der Waals surface area contributed by atoms with Gasteiger partial charge in [-0.05, 0) is 85.8 Å². The van der Waals surface area contributed by atoms with Gasteiger partial charge < -0.3 is 20.4 Å². The van der Waals surface area contributed by atoms with Gasteiger partial charge in [0.2, 0.25) is 5.91 Å². The minimum Gasteiger partial charge on any atom is -0.368 e. The molecular formula is C35H38ClN5O2. The van der Waals surface area contributed by atoms with Gasteiger partial charge in [0, 0.05) is 66.5 Å². The Morgan fingerprint density at radius 3 is 2.49 bits per heavy atom. The van der Waals surface area contributed by atoms with E-state index in [1.165, 1.54) is 24.1 Å². The molecule has 2 aliphatic rings. The second kappa shape index (κ2) is 13.1. The zero-order valence-corrected chi connectivity index (χ0v) is 25.3. The van der Waals surface area contributed by atoms with Gasteiger partial charge in [0.1, 0.15) is 6.04 Å². The number of aromatic nitrogens is 1. The molecule has 1 saturated carbocycles. The molecule has 0 bridgehead atoms. The quantitative estimate of drug-likeness (QED) is 0.248. The third-order valence-corrected chi connectivity index (χ3v) is 8.82. The van der Waals surface area contributed by atoms with E-state index in [1.807, 2.05) is 53.4 Å². The Labute approximate surface area is 258 Å². The first kappa shape index (κ1) is 29.1. The van der Waals surface area contributed by atoms with E-state index in [4.69, 9.17) is 11.6 Å². The van der Waals surface area contributed by atoms with E-state index in [2.05, 4.69) is 51.7 Å². The van der Waals surface area contributed by atoms with Crippen LogP contribution in [0.4, 0.5) is 5.69 Å². The average molecular weight is 596 g/mol. The summed E-state index contributed by atoms with van der Waals surface area (Å²) < 4.78 is 0. The Bertz CT molecular complexity index is 1580. The predicted octanol–water partition coefficient (Wildman–Crippen LogP) is 5.64. The molecule has 222 valence electrons. The van der Waals surface area contributed by atoms with Crippen LogP contribution in [0.25, 0.3) is 10.9 Å². The Kier molecular flexibility index (Phi) is 8.91. The van der Waals surface area contributed by atoms with Crippen LogP contribution in [0.5, 0.6) is 0 Å².